The molecule has 122 valence electrons. The van der Waals surface area contributed by atoms with Gasteiger partial charge in [-0.2, -0.15) is 0 Å². The first-order chi connectivity index (χ1) is 11.2. The maximum Gasteiger partial charge on any atom is 0.239 e. The van der Waals surface area contributed by atoms with Gasteiger partial charge in [-0.15, -0.1) is 0 Å². The van der Waals surface area contributed by atoms with E-state index in [9.17, 15) is 9.59 Å². The van der Waals surface area contributed by atoms with E-state index < -0.39 is 0 Å². The highest BCUT2D eigenvalue weighted by atomic mass is 16.2. The maximum atomic E-state index is 12.4. The molecule has 2 saturated carbocycles. The van der Waals surface area contributed by atoms with Gasteiger partial charge in [0.05, 0.1) is 18.4 Å². The second kappa shape index (κ2) is 5.83. The Balaban J connectivity index is 1.38. The lowest BCUT2D eigenvalue weighted by atomic mass is 9.88. The van der Waals surface area contributed by atoms with Gasteiger partial charge in [-0.25, -0.2) is 4.98 Å². The highest BCUT2D eigenvalue weighted by Crippen LogP contribution is 2.48. The van der Waals surface area contributed by atoms with E-state index >= 15 is 0 Å². The molecule has 1 aromatic heterocycles. The highest BCUT2D eigenvalue weighted by Gasteiger charge is 2.43. The Morgan fingerprint density at radius 1 is 1.30 bits per heavy atom. The van der Waals surface area contributed by atoms with Crippen molar-refractivity contribution in [1.29, 1.82) is 0 Å². The first kappa shape index (κ1) is 14.5. The summed E-state index contributed by atoms with van der Waals surface area (Å²) >= 11 is 0. The van der Waals surface area contributed by atoms with Gasteiger partial charge in [0.2, 0.25) is 11.8 Å². The molecule has 2 aliphatic carbocycles. The molecule has 3 fully saturated rings. The summed E-state index contributed by atoms with van der Waals surface area (Å²) in [5.74, 6) is 2.47. The molecule has 3 atom stereocenters. The van der Waals surface area contributed by atoms with Crippen LogP contribution >= 0.6 is 0 Å². The van der Waals surface area contributed by atoms with Crippen molar-refractivity contribution < 1.29 is 9.59 Å². The van der Waals surface area contributed by atoms with Crippen molar-refractivity contribution in [3.8, 4) is 0 Å². The summed E-state index contributed by atoms with van der Waals surface area (Å²) in [7, 11) is 0. The normalized spacial score (nSPS) is 29.5. The van der Waals surface area contributed by atoms with Gasteiger partial charge in [0, 0.05) is 19.0 Å². The molecule has 0 radical (unpaired) electrons. The Bertz CT molecular complexity index is 616. The lowest BCUT2D eigenvalue weighted by molar-refractivity contribution is -0.121. The number of rotatable bonds is 3. The van der Waals surface area contributed by atoms with Gasteiger partial charge in [0.15, 0.2) is 0 Å². The molecule has 0 aromatic carbocycles. The fraction of sp³-hybridized carbons (Fsp3) is 0.588. The minimum Gasteiger partial charge on any atom is -0.353 e. The van der Waals surface area contributed by atoms with E-state index in [1.54, 1.807) is 6.20 Å². The van der Waals surface area contributed by atoms with E-state index in [1.807, 2.05) is 17.0 Å². The molecule has 2 amide bonds. The van der Waals surface area contributed by atoms with E-state index in [-0.39, 0.29) is 17.7 Å². The Labute approximate surface area is 135 Å². The second-order valence-electron chi connectivity index (χ2n) is 6.95. The van der Waals surface area contributed by atoms with Crippen molar-refractivity contribution in [2.75, 3.05) is 29.9 Å². The minimum atomic E-state index is 0.0201. The summed E-state index contributed by atoms with van der Waals surface area (Å²) in [5.41, 5.74) is 0.739. The van der Waals surface area contributed by atoms with E-state index in [0.717, 1.165) is 30.4 Å². The molecule has 1 aliphatic heterocycles. The number of aromatic nitrogens is 1. The first-order valence-corrected chi connectivity index (χ1v) is 8.47. The molecule has 6 nitrogen and oxygen atoms in total. The van der Waals surface area contributed by atoms with Crippen LogP contribution in [-0.2, 0) is 9.59 Å². The molecule has 2 bridgehead atoms. The van der Waals surface area contributed by atoms with Gasteiger partial charge in [0.1, 0.15) is 5.82 Å². The number of pyridine rings is 1. The van der Waals surface area contributed by atoms with Crippen molar-refractivity contribution >= 4 is 23.3 Å². The fourth-order valence-corrected chi connectivity index (χ4v) is 4.28. The topological polar surface area (TPSA) is 74.3 Å². The van der Waals surface area contributed by atoms with Crippen LogP contribution in [0.5, 0.6) is 0 Å². The zero-order valence-electron chi connectivity index (χ0n) is 13.1. The number of nitrogens with one attached hydrogen (secondary N) is 2. The lowest BCUT2D eigenvalue weighted by Crippen LogP contribution is -2.48. The number of nitrogens with zero attached hydrogens (tertiary/aromatic N) is 2. The number of hydrogen-bond acceptors (Lipinski definition) is 4. The SMILES string of the molecule is O=C1CN(c2ccc(NC(=O)C3CC4CCC3C4)cn2)CCN1. The van der Waals surface area contributed by atoms with Crippen molar-refractivity contribution in [3.63, 3.8) is 0 Å². The molecule has 1 saturated heterocycles. The van der Waals surface area contributed by atoms with Crippen LogP contribution in [0.25, 0.3) is 0 Å². The number of anilines is 2. The third-order valence-electron chi connectivity index (χ3n) is 5.45. The van der Waals surface area contributed by atoms with Crippen molar-refractivity contribution in [2.45, 2.75) is 25.7 Å². The molecular weight excluding hydrogens is 292 g/mol. The van der Waals surface area contributed by atoms with E-state index in [4.69, 9.17) is 0 Å². The summed E-state index contributed by atoms with van der Waals surface area (Å²) < 4.78 is 0. The average Bonchev–Trinajstić information content (AvgIpc) is 3.19. The molecule has 3 unspecified atom stereocenters. The number of fused-ring (bicyclic) bond motifs is 2. The smallest absolute Gasteiger partial charge is 0.239 e. The minimum absolute atomic E-state index is 0.0201. The summed E-state index contributed by atoms with van der Waals surface area (Å²) in [4.78, 5) is 30.2. The maximum absolute atomic E-state index is 12.4. The highest BCUT2D eigenvalue weighted by molar-refractivity contribution is 5.93. The van der Waals surface area contributed by atoms with Gasteiger partial charge < -0.3 is 15.5 Å². The first-order valence-electron chi connectivity index (χ1n) is 8.47. The summed E-state index contributed by atoms with van der Waals surface area (Å²) in [5, 5.41) is 5.81. The summed E-state index contributed by atoms with van der Waals surface area (Å²) in [6.45, 7) is 1.74. The molecule has 1 aromatic rings. The van der Waals surface area contributed by atoms with Crippen LogP contribution in [-0.4, -0.2) is 36.4 Å². The zero-order chi connectivity index (χ0) is 15.8. The molecular formula is C17H22N4O2. The number of hydrogen-bond donors (Lipinski definition) is 2. The Hall–Kier alpha value is -2.11. The van der Waals surface area contributed by atoms with Crippen LogP contribution in [0, 0.1) is 17.8 Å². The van der Waals surface area contributed by atoms with Gasteiger partial charge in [0.25, 0.3) is 0 Å². The Kier molecular flexibility index (Phi) is 3.67. The largest absolute Gasteiger partial charge is 0.353 e. The van der Waals surface area contributed by atoms with Crippen LogP contribution in [0.4, 0.5) is 11.5 Å². The Morgan fingerprint density at radius 2 is 2.22 bits per heavy atom. The average molecular weight is 314 g/mol. The molecule has 23 heavy (non-hydrogen) atoms. The van der Waals surface area contributed by atoms with E-state index in [2.05, 4.69) is 15.6 Å². The van der Waals surface area contributed by atoms with Gasteiger partial charge in [-0.1, -0.05) is 6.42 Å². The number of carbonyl (C=O) groups excluding carboxylic acids is 2. The summed E-state index contributed by atoms with van der Waals surface area (Å²) in [6.07, 6.45) is 6.47. The summed E-state index contributed by atoms with van der Waals surface area (Å²) in [6, 6.07) is 3.75. The van der Waals surface area contributed by atoms with Crippen molar-refractivity contribution in [2.24, 2.45) is 17.8 Å². The second-order valence-corrected chi connectivity index (χ2v) is 6.95. The quantitative estimate of drug-likeness (QED) is 0.884. The molecule has 2 heterocycles. The standard InChI is InChI=1S/C17H22N4O2/c22-16-10-21(6-5-18-16)15-4-3-13(9-19-15)20-17(23)14-8-11-1-2-12(14)7-11/h3-4,9,11-12,14H,1-2,5-8,10H2,(H,18,22)(H,20,23). The van der Waals surface area contributed by atoms with Crippen LogP contribution in [0.1, 0.15) is 25.7 Å². The van der Waals surface area contributed by atoms with Crippen LogP contribution in [0.3, 0.4) is 0 Å². The van der Waals surface area contributed by atoms with Crippen LogP contribution in [0.2, 0.25) is 0 Å². The third-order valence-corrected chi connectivity index (χ3v) is 5.45. The lowest BCUT2D eigenvalue weighted by Gasteiger charge is -2.27. The fourth-order valence-electron chi connectivity index (χ4n) is 4.28. The van der Waals surface area contributed by atoms with Crippen molar-refractivity contribution in [3.05, 3.63) is 18.3 Å². The molecule has 0 spiro atoms. The van der Waals surface area contributed by atoms with Crippen LogP contribution < -0.4 is 15.5 Å². The van der Waals surface area contributed by atoms with Gasteiger partial charge in [-0.3, -0.25) is 9.59 Å². The molecule has 2 N–H and O–H groups in total. The third kappa shape index (κ3) is 2.90. The van der Waals surface area contributed by atoms with E-state index in [1.165, 1.54) is 19.3 Å². The molecule has 6 heteroatoms. The zero-order valence-corrected chi connectivity index (χ0v) is 13.1. The van der Waals surface area contributed by atoms with Crippen molar-refractivity contribution in [1.82, 2.24) is 10.3 Å². The number of carbonyl (C=O) groups is 2. The monoisotopic (exact) mass is 314 g/mol. The number of amides is 2. The van der Waals surface area contributed by atoms with Gasteiger partial charge in [-0.05, 0) is 43.2 Å². The number of piperazine rings is 1. The predicted molar refractivity (Wildman–Crippen MR) is 87.0 cm³/mol. The van der Waals surface area contributed by atoms with Crippen LogP contribution in [0.15, 0.2) is 18.3 Å². The van der Waals surface area contributed by atoms with E-state index in [0.29, 0.717) is 19.0 Å². The molecule has 3 aliphatic rings. The molecule has 4 rings (SSSR count). The predicted octanol–water partition coefficient (Wildman–Crippen LogP) is 1.39. The Morgan fingerprint density at radius 3 is 2.87 bits per heavy atom. The van der Waals surface area contributed by atoms with Gasteiger partial charge >= 0.3 is 0 Å².